The number of carbonyl (C=O) groups is 4. The van der Waals surface area contributed by atoms with Crippen molar-refractivity contribution in [2.75, 3.05) is 13.2 Å². The van der Waals surface area contributed by atoms with Crippen molar-refractivity contribution >= 4 is 34.8 Å². The molecule has 0 saturated heterocycles. The number of ketones is 2. The summed E-state index contributed by atoms with van der Waals surface area (Å²) in [7, 11) is 0. The summed E-state index contributed by atoms with van der Waals surface area (Å²) in [6, 6.07) is 11.2. The maximum Gasteiger partial charge on any atom is 0.291 e. The van der Waals surface area contributed by atoms with Crippen LogP contribution in [0.3, 0.4) is 0 Å². The maximum atomic E-state index is 10.4. The molecule has 2 aromatic rings. The van der Waals surface area contributed by atoms with E-state index in [1.165, 1.54) is 55.5 Å². The first-order valence-corrected chi connectivity index (χ1v) is 14.6. The van der Waals surface area contributed by atoms with Gasteiger partial charge in [-0.15, -0.1) is 20.2 Å². The predicted octanol–water partition coefficient (Wildman–Crippen LogP) is 4.44. The Kier molecular flexibility index (Phi) is 58.3. The second-order valence-electron chi connectivity index (χ2n) is 10.2. The van der Waals surface area contributed by atoms with Gasteiger partial charge in [-0.2, -0.15) is 0 Å². The molecule has 2 amide bonds. The zero-order valence-corrected chi connectivity index (χ0v) is 36.7. The standard InChI is InChI=1S/2C8H8N2O3.C7H14O2.C6H12O2.2HNO3.2O2.2Y/c2*9-8(11)5-6-1-3-7(4-2-6)10(12)13;1-6(5-8)3-4-7(2)9;1-5(4-7)3-6(2)8;2*2-1(3)4;2*1-2;;/h2*1-4H,5H2,(H2,9,11);6,8H,3-5H2,1-2H3;5,7H,3-4H2,1-2H3;2*(H,2,3,4);;;;/p-2. The van der Waals surface area contributed by atoms with Gasteiger partial charge in [0.25, 0.3) is 21.5 Å². The number of rotatable bonds is 13. The summed E-state index contributed by atoms with van der Waals surface area (Å²) >= 11 is 0. The number of nitrogens with zero attached hydrogens (tertiary/aromatic N) is 4. The zero-order chi connectivity index (χ0) is 44.7. The van der Waals surface area contributed by atoms with Crippen LogP contribution in [0, 0.1) is 72.2 Å². The van der Waals surface area contributed by atoms with Gasteiger partial charge in [-0.25, -0.2) is 0 Å². The molecule has 2 radical (unpaired) electrons. The zero-order valence-electron chi connectivity index (χ0n) is 31.0. The summed E-state index contributed by atoms with van der Waals surface area (Å²) in [5.41, 5.74) is 14.6. The molecule has 0 saturated carbocycles. The van der Waals surface area contributed by atoms with E-state index in [2.05, 4.69) is 0 Å². The minimum Gasteiger partial charge on any atom is -0.667 e. The van der Waals surface area contributed by atoms with Gasteiger partial charge >= 0.3 is 0 Å². The minimum absolute atomic E-state index is 0. The number of benzene rings is 2. The number of nitro groups is 2. The maximum absolute atomic E-state index is 10.4. The summed E-state index contributed by atoms with van der Waals surface area (Å²) in [5, 5.41) is 64.7. The van der Waals surface area contributed by atoms with Gasteiger partial charge in [0.2, 0.25) is 0 Å². The first-order chi connectivity index (χ1) is 25.5. The molecule has 6 N–H and O–H groups in total. The SMILES string of the molecule is CC(=O)CC(C)CO.CC(=O)CCC(C)CO.O=O.O=O.O=[N+]([O-])O.O=[N+]([O-])O.[NH-]C(=O)Cc1ccc([N+](=O)[O-])cc1.[NH-]C(=O)Cc1ccc([N+](=O)[O-])cc1.[Y].[Y]. The summed E-state index contributed by atoms with van der Waals surface area (Å²) in [6.45, 7) is 7.19. The van der Waals surface area contributed by atoms with Crippen LogP contribution in [0.1, 0.15) is 58.1 Å². The van der Waals surface area contributed by atoms with E-state index in [9.17, 15) is 39.4 Å². The number of amides is 2. The Morgan fingerprint density at radius 1 is 0.596 bits per heavy atom. The van der Waals surface area contributed by atoms with E-state index >= 15 is 0 Å². The molecule has 26 nitrogen and oxygen atoms in total. The van der Waals surface area contributed by atoms with Crippen molar-refractivity contribution in [3.63, 3.8) is 0 Å². The summed E-state index contributed by atoms with van der Waals surface area (Å²) in [6.07, 6.45) is 1.90. The van der Waals surface area contributed by atoms with Crippen molar-refractivity contribution in [3.8, 4) is 0 Å². The summed E-state index contributed by atoms with van der Waals surface area (Å²) in [4.78, 5) is 106. The Bertz CT molecular complexity index is 1330. The van der Waals surface area contributed by atoms with E-state index in [1.807, 2.05) is 13.8 Å². The number of hydrogen-bond acceptors (Lipinski definition) is 18. The van der Waals surface area contributed by atoms with Crippen LogP contribution < -0.4 is 0 Å². The van der Waals surface area contributed by atoms with E-state index < -0.39 is 31.8 Å². The molecular formula is C29H42N6O20Y2-2. The minimum atomic E-state index is -1.50. The predicted molar refractivity (Wildman–Crippen MR) is 191 cm³/mol. The number of Topliss-reactive ketones (excluding diaryl/α,β-unsaturated/α-hetero) is 2. The van der Waals surface area contributed by atoms with Crippen LogP contribution in [-0.2, 0) is 97.4 Å². The number of nitro benzene ring substituents is 2. The van der Waals surface area contributed by atoms with Crippen LogP contribution in [0.5, 0.6) is 0 Å². The second kappa shape index (κ2) is 47.4. The number of hydrogen-bond donors (Lipinski definition) is 4. The quantitative estimate of drug-likeness (QED) is 0.159. The van der Waals surface area contributed by atoms with E-state index in [1.54, 1.807) is 6.92 Å². The van der Waals surface area contributed by atoms with Gasteiger partial charge in [0.1, 0.15) is 11.6 Å². The van der Waals surface area contributed by atoms with Gasteiger partial charge < -0.3 is 51.3 Å². The molecular weight excluding hydrogens is 930 g/mol. The third-order valence-electron chi connectivity index (χ3n) is 5.27. The molecule has 0 heterocycles. The largest absolute Gasteiger partial charge is 0.667 e. The molecule has 0 aliphatic carbocycles. The fourth-order valence-electron chi connectivity index (χ4n) is 2.94. The molecule has 0 fully saturated rings. The first-order valence-electron chi connectivity index (χ1n) is 14.6. The van der Waals surface area contributed by atoms with E-state index in [-0.39, 0.29) is 126 Å². The Hall–Kier alpha value is -4.75. The van der Waals surface area contributed by atoms with Gasteiger partial charge in [0.05, 0.1) is 21.7 Å². The molecule has 0 spiro atoms. The average molecular weight is 972 g/mol. The first kappa shape index (κ1) is 70.1. The molecule has 0 aromatic heterocycles. The van der Waals surface area contributed by atoms with Gasteiger partial charge in [-0.1, -0.05) is 38.1 Å². The Labute approximate surface area is 373 Å². The normalized spacial score (nSPS) is 9.30. The molecule has 0 aliphatic rings. The number of nitrogens with one attached hydrogen (secondary N) is 2. The second-order valence-corrected chi connectivity index (χ2v) is 10.2. The van der Waals surface area contributed by atoms with E-state index in [4.69, 9.17) is 72.2 Å². The van der Waals surface area contributed by atoms with Crippen LogP contribution in [-0.4, -0.2) is 77.2 Å². The monoisotopic (exact) mass is 972 g/mol. The topological polar surface area (TPSA) is 438 Å². The van der Waals surface area contributed by atoms with Crippen LogP contribution in [0.2, 0.25) is 0 Å². The molecule has 2 atom stereocenters. The number of aliphatic hydroxyl groups is 2. The molecule has 2 unspecified atom stereocenters. The molecule has 2 aromatic carbocycles. The molecule has 0 aliphatic heterocycles. The van der Waals surface area contributed by atoms with Crippen molar-refractivity contribution in [1.82, 2.24) is 0 Å². The van der Waals surface area contributed by atoms with Gasteiger partial charge in [-0.05, 0) is 43.2 Å². The van der Waals surface area contributed by atoms with E-state index in [0.717, 1.165) is 6.42 Å². The van der Waals surface area contributed by atoms with Gasteiger partial charge in [0.15, 0.2) is 0 Å². The summed E-state index contributed by atoms with van der Waals surface area (Å²) < 4.78 is 0. The van der Waals surface area contributed by atoms with Crippen LogP contribution in [0.4, 0.5) is 11.4 Å². The molecule has 2 rings (SSSR count). The molecule has 316 valence electrons. The smallest absolute Gasteiger partial charge is 0.291 e. The van der Waals surface area contributed by atoms with Gasteiger partial charge in [0, 0.05) is 148 Å². The molecule has 28 heteroatoms. The number of carbonyl (C=O) groups excluding carboxylic acids is 4. The van der Waals surface area contributed by atoms with Crippen LogP contribution >= 0.6 is 0 Å². The Balaban J connectivity index is -0.0000000858. The fourth-order valence-corrected chi connectivity index (χ4v) is 2.94. The van der Waals surface area contributed by atoms with Crippen LogP contribution in [0.25, 0.3) is 11.5 Å². The number of aliphatic hydroxyl groups excluding tert-OH is 2. The number of non-ortho nitro benzene ring substituents is 2. The third kappa shape index (κ3) is 63.5. The fraction of sp³-hybridized carbons (Fsp3) is 0.448. The van der Waals surface area contributed by atoms with Crippen molar-refractivity contribution in [3.05, 3.63) is 131 Å². The Morgan fingerprint density at radius 3 is 1.02 bits per heavy atom. The molecule has 57 heavy (non-hydrogen) atoms. The van der Waals surface area contributed by atoms with Crippen molar-refractivity contribution in [2.24, 2.45) is 11.8 Å². The van der Waals surface area contributed by atoms with Gasteiger partial charge in [-0.3, -0.25) is 20.2 Å². The Morgan fingerprint density at radius 2 is 0.860 bits per heavy atom. The molecule has 0 bridgehead atoms. The van der Waals surface area contributed by atoms with Crippen molar-refractivity contribution < 1.29 is 125 Å². The van der Waals surface area contributed by atoms with Crippen LogP contribution in [0.15, 0.2) is 48.5 Å². The van der Waals surface area contributed by atoms with E-state index in [0.29, 0.717) is 24.0 Å². The summed E-state index contributed by atoms with van der Waals surface area (Å²) in [5.74, 6) is -0.647. The van der Waals surface area contributed by atoms with Crippen molar-refractivity contribution in [2.45, 2.75) is 59.8 Å². The van der Waals surface area contributed by atoms with Crippen molar-refractivity contribution in [1.29, 1.82) is 0 Å². The average Bonchev–Trinajstić information content (AvgIpc) is 3.09. The third-order valence-corrected chi connectivity index (χ3v) is 5.27.